The van der Waals surface area contributed by atoms with Crippen molar-refractivity contribution in [1.82, 2.24) is 5.16 Å². The minimum Gasteiger partial charge on any atom is -0.476 e. The van der Waals surface area contributed by atoms with Crippen LogP contribution in [0.1, 0.15) is 30.1 Å². The maximum atomic E-state index is 10.6. The van der Waals surface area contributed by atoms with Crippen LogP contribution in [-0.2, 0) is 10.3 Å². The molecule has 0 aliphatic carbocycles. The fourth-order valence-electron chi connectivity index (χ4n) is 0.953. The van der Waals surface area contributed by atoms with Crippen molar-refractivity contribution in [3.63, 3.8) is 0 Å². The third-order valence-corrected chi connectivity index (χ3v) is 1.84. The van der Waals surface area contributed by atoms with Gasteiger partial charge in [-0.05, 0) is 13.8 Å². The third-order valence-electron chi connectivity index (χ3n) is 1.84. The number of nitrogens with zero attached hydrogens (tertiary/aromatic N) is 1. The summed E-state index contributed by atoms with van der Waals surface area (Å²) in [5.74, 6) is 1.51. The van der Waals surface area contributed by atoms with Gasteiger partial charge in [-0.2, -0.15) is 0 Å². The van der Waals surface area contributed by atoms with Crippen LogP contribution in [0.2, 0.25) is 0 Å². The first kappa shape index (κ1) is 11.3. The molecule has 1 aromatic rings. The Labute approximate surface area is 87.0 Å². The summed E-state index contributed by atoms with van der Waals surface area (Å²) in [5, 5.41) is 12.0. The molecule has 0 fully saturated rings. The zero-order valence-electron chi connectivity index (χ0n) is 8.48. The molecule has 0 bridgehead atoms. The zero-order valence-corrected chi connectivity index (χ0v) is 8.48. The SMILES string of the molecule is C#CCOC(C)(C)c1cc(C(=O)O)no1. The van der Waals surface area contributed by atoms with Crippen LogP contribution in [0.5, 0.6) is 0 Å². The van der Waals surface area contributed by atoms with Crippen molar-refractivity contribution in [3.8, 4) is 12.3 Å². The molecule has 1 N–H and O–H groups in total. The Morgan fingerprint density at radius 3 is 2.93 bits per heavy atom. The van der Waals surface area contributed by atoms with Crippen LogP contribution in [0.3, 0.4) is 0 Å². The first-order valence-corrected chi connectivity index (χ1v) is 4.25. The highest BCUT2D eigenvalue weighted by atomic mass is 16.5. The van der Waals surface area contributed by atoms with Gasteiger partial charge in [0.1, 0.15) is 12.2 Å². The predicted octanol–water partition coefficient (Wildman–Crippen LogP) is 1.26. The van der Waals surface area contributed by atoms with E-state index in [1.807, 2.05) is 0 Å². The van der Waals surface area contributed by atoms with Crippen LogP contribution < -0.4 is 0 Å². The maximum absolute atomic E-state index is 10.6. The van der Waals surface area contributed by atoms with Gasteiger partial charge in [-0.15, -0.1) is 6.42 Å². The van der Waals surface area contributed by atoms with E-state index < -0.39 is 11.6 Å². The quantitative estimate of drug-likeness (QED) is 0.755. The molecule has 1 aromatic heterocycles. The van der Waals surface area contributed by atoms with Crippen molar-refractivity contribution in [1.29, 1.82) is 0 Å². The molecule has 0 aliphatic rings. The minimum absolute atomic E-state index is 0.121. The molecule has 0 aliphatic heterocycles. The lowest BCUT2D eigenvalue weighted by molar-refractivity contribution is -0.0221. The molecule has 80 valence electrons. The monoisotopic (exact) mass is 209 g/mol. The number of carboxylic acid groups (broad SMARTS) is 1. The number of hydrogen-bond acceptors (Lipinski definition) is 4. The molecule has 0 spiro atoms. The van der Waals surface area contributed by atoms with E-state index in [0.717, 1.165) is 0 Å². The first-order chi connectivity index (χ1) is 6.97. The van der Waals surface area contributed by atoms with E-state index in [4.69, 9.17) is 20.8 Å². The van der Waals surface area contributed by atoms with Gasteiger partial charge in [0.15, 0.2) is 11.5 Å². The maximum Gasteiger partial charge on any atom is 0.358 e. The Kier molecular flexibility index (Phi) is 3.12. The molecule has 1 heterocycles. The van der Waals surface area contributed by atoms with Gasteiger partial charge in [-0.1, -0.05) is 11.1 Å². The molecule has 0 amide bonds. The Morgan fingerprint density at radius 2 is 2.47 bits per heavy atom. The molecule has 5 heteroatoms. The second-order valence-corrected chi connectivity index (χ2v) is 3.38. The lowest BCUT2D eigenvalue weighted by atomic mass is 10.1. The van der Waals surface area contributed by atoms with Crippen molar-refractivity contribution in [2.24, 2.45) is 0 Å². The normalized spacial score (nSPS) is 11.0. The summed E-state index contributed by atoms with van der Waals surface area (Å²) in [7, 11) is 0. The highest BCUT2D eigenvalue weighted by molar-refractivity contribution is 5.85. The summed E-state index contributed by atoms with van der Waals surface area (Å²) in [6.45, 7) is 3.56. The lowest BCUT2D eigenvalue weighted by Gasteiger charge is -2.20. The Balaban J connectivity index is 2.86. The summed E-state index contributed by atoms with van der Waals surface area (Å²) in [4.78, 5) is 10.6. The Bertz CT molecular complexity index is 400. The molecule has 5 nitrogen and oxygen atoms in total. The molecular weight excluding hydrogens is 198 g/mol. The van der Waals surface area contributed by atoms with Crippen LogP contribution in [0.4, 0.5) is 0 Å². The van der Waals surface area contributed by atoms with Crippen molar-refractivity contribution in [2.45, 2.75) is 19.4 Å². The second-order valence-electron chi connectivity index (χ2n) is 3.38. The van der Waals surface area contributed by atoms with E-state index >= 15 is 0 Å². The van der Waals surface area contributed by atoms with Gasteiger partial charge in [0.2, 0.25) is 0 Å². The van der Waals surface area contributed by atoms with Gasteiger partial charge < -0.3 is 14.4 Å². The molecule has 1 rings (SSSR count). The van der Waals surface area contributed by atoms with E-state index in [-0.39, 0.29) is 12.3 Å². The largest absolute Gasteiger partial charge is 0.476 e. The second kappa shape index (κ2) is 4.15. The van der Waals surface area contributed by atoms with Crippen molar-refractivity contribution >= 4 is 5.97 Å². The van der Waals surface area contributed by atoms with Crippen LogP contribution in [0.15, 0.2) is 10.6 Å². The standard InChI is InChI=1S/C10H11NO4/c1-4-5-14-10(2,3)8-6-7(9(12)13)11-15-8/h1,6H,5H2,2-3H3,(H,12,13). The van der Waals surface area contributed by atoms with E-state index in [0.29, 0.717) is 5.76 Å². The van der Waals surface area contributed by atoms with Crippen LogP contribution in [-0.4, -0.2) is 22.8 Å². The smallest absolute Gasteiger partial charge is 0.358 e. The van der Waals surface area contributed by atoms with Crippen molar-refractivity contribution < 1.29 is 19.2 Å². The highest BCUT2D eigenvalue weighted by Crippen LogP contribution is 2.24. The molecule has 15 heavy (non-hydrogen) atoms. The number of carboxylic acids is 1. The zero-order chi connectivity index (χ0) is 11.5. The number of ether oxygens (including phenoxy) is 1. The number of carbonyl (C=O) groups is 1. The molecule has 0 unspecified atom stereocenters. The fourth-order valence-corrected chi connectivity index (χ4v) is 0.953. The first-order valence-electron chi connectivity index (χ1n) is 4.25. The highest BCUT2D eigenvalue weighted by Gasteiger charge is 2.27. The summed E-state index contributed by atoms with van der Waals surface area (Å²) in [6, 6.07) is 1.32. The van der Waals surface area contributed by atoms with E-state index in [2.05, 4.69) is 11.1 Å². The summed E-state index contributed by atoms with van der Waals surface area (Å²) in [6.07, 6.45) is 5.05. The van der Waals surface area contributed by atoms with Crippen molar-refractivity contribution in [2.75, 3.05) is 6.61 Å². The van der Waals surface area contributed by atoms with Gasteiger partial charge in [0, 0.05) is 6.07 Å². The average Bonchev–Trinajstić information content (AvgIpc) is 2.64. The van der Waals surface area contributed by atoms with E-state index in [1.165, 1.54) is 6.07 Å². The molecular formula is C10H11NO4. The minimum atomic E-state index is -1.14. The van der Waals surface area contributed by atoms with Crippen LogP contribution >= 0.6 is 0 Å². The lowest BCUT2D eigenvalue weighted by Crippen LogP contribution is -2.21. The summed E-state index contributed by atoms with van der Waals surface area (Å²) >= 11 is 0. The number of rotatable bonds is 4. The fraction of sp³-hybridized carbons (Fsp3) is 0.400. The van der Waals surface area contributed by atoms with E-state index in [9.17, 15) is 4.79 Å². The Hall–Kier alpha value is -1.80. The number of terminal acetylenes is 1. The van der Waals surface area contributed by atoms with Gasteiger partial charge in [0.05, 0.1) is 0 Å². The average molecular weight is 209 g/mol. The number of hydrogen-bond donors (Lipinski definition) is 1. The number of aromatic carboxylic acids is 1. The molecule has 0 radical (unpaired) electrons. The van der Waals surface area contributed by atoms with Gasteiger partial charge in [-0.3, -0.25) is 0 Å². The summed E-state index contributed by atoms with van der Waals surface area (Å²) in [5.41, 5.74) is -0.935. The summed E-state index contributed by atoms with van der Waals surface area (Å²) < 4.78 is 10.2. The van der Waals surface area contributed by atoms with Gasteiger partial charge >= 0.3 is 5.97 Å². The molecule has 0 saturated heterocycles. The topological polar surface area (TPSA) is 72.6 Å². The predicted molar refractivity (Wildman–Crippen MR) is 51.3 cm³/mol. The molecule has 0 aromatic carbocycles. The Morgan fingerprint density at radius 1 is 1.80 bits per heavy atom. The third kappa shape index (κ3) is 2.58. The van der Waals surface area contributed by atoms with Crippen molar-refractivity contribution in [3.05, 3.63) is 17.5 Å². The van der Waals surface area contributed by atoms with Crippen LogP contribution in [0.25, 0.3) is 0 Å². The molecule has 0 atom stereocenters. The van der Waals surface area contributed by atoms with Gasteiger partial charge in [0.25, 0.3) is 0 Å². The van der Waals surface area contributed by atoms with Crippen LogP contribution in [0, 0.1) is 12.3 Å². The van der Waals surface area contributed by atoms with E-state index in [1.54, 1.807) is 13.8 Å². The molecule has 0 saturated carbocycles. The number of aromatic nitrogens is 1. The van der Waals surface area contributed by atoms with Gasteiger partial charge in [-0.25, -0.2) is 4.79 Å².